The number of morpholine rings is 1. The smallest absolute Gasteiger partial charge is 0.415 e. The summed E-state index contributed by atoms with van der Waals surface area (Å²) in [6, 6.07) is 9.18. The molecular formula is C18H24N4O4S. The second-order valence-electron chi connectivity index (χ2n) is 6.07. The van der Waals surface area contributed by atoms with Gasteiger partial charge < -0.3 is 14.9 Å². The van der Waals surface area contributed by atoms with Crippen molar-refractivity contribution in [2.45, 2.75) is 6.42 Å². The number of anilines is 1. The molecule has 0 aromatic heterocycles. The maximum Gasteiger partial charge on any atom is 0.415 e. The number of nitrogens with zero attached hydrogens (tertiary/aromatic N) is 3. The molecule has 3 rings (SSSR count). The van der Waals surface area contributed by atoms with Crippen molar-refractivity contribution in [3.63, 3.8) is 0 Å². The number of rotatable bonds is 7. The number of carbonyl (C=O) groups excluding carboxylic acids is 2. The molecule has 1 aromatic carbocycles. The van der Waals surface area contributed by atoms with Gasteiger partial charge in [-0.05, 0) is 35.7 Å². The highest BCUT2D eigenvalue weighted by molar-refractivity contribution is 8.16. The van der Waals surface area contributed by atoms with Gasteiger partial charge in [-0.2, -0.15) is 0 Å². The molecule has 0 spiro atoms. The van der Waals surface area contributed by atoms with Crippen LogP contribution in [0, 0.1) is 0 Å². The van der Waals surface area contributed by atoms with Gasteiger partial charge in [0.2, 0.25) is 0 Å². The minimum atomic E-state index is -0.475. The molecule has 2 heterocycles. The van der Waals surface area contributed by atoms with E-state index in [0.717, 1.165) is 51.0 Å². The molecule has 9 heteroatoms. The Morgan fingerprint density at radius 2 is 2.04 bits per heavy atom. The quantitative estimate of drug-likeness (QED) is 0.715. The Kier molecular flexibility index (Phi) is 7.37. The normalized spacial score (nSPS) is 17.5. The van der Waals surface area contributed by atoms with Crippen LogP contribution in [0.5, 0.6) is 0 Å². The van der Waals surface area contributed by atoms with E-state index in [4.69, 9.17) is 9.47 Å². The van der Waals surface area contributed by atoms with Gasteiger partial charge >= 0.3 is 11.3 Å². The van der Waals surface area contributed by atoms with Gasteiger partial charge in [0, 0.05) is 31.5 Å². The first-order chi connectivity index (χ1) is 13.2. The van der Waals surface area contributed by atoms with E-state index < -0.39 is 6.09 Å². The standard InChI is InChI=1S/C18H24N4O4S/c23-17(26-11-4-8-20-9-12-25-13-10-20)21(16-5-2-1-3-6-16)15-22-18(24)27-14-7-19-22/h1-3,5-7,14,19H,4,8-13,15H2. The molecule has 0 radical (unpaired) electrons. The SMILES string of the molecule is O=C1SC=CNN1CN(C(=O)OCCCN1CCOCC1)c1ccccc1. The Bertz CT molecular complexity index is 652. The summed E-state index contributed by atoms with van der Waals surface area (Å²) in [7, 11) is 0. The minimum Gasteiger partial charge on any atom is -0.449 e. The number of hydrogen-bond acceptors (Lipinski definition) is 7. The van der Waals surface area contributed by atoms with Gasteiger partial charge in [-0.1, -0.05) is 18.2 Å². The van der Waals surface area contributed by atoms with E-state index in [1.807, 2.05) is 30.3 Å². The van der Waals surface area contributed by atoms with E-state index in [0.29, 0.717) is 12.3 Å². The monoisotopic (exact) mass is 392 g/mol. The lowest BCUT2D eigenvalue weighted by atomic mass is 10.3. The first kappa shape index (κ1) is 19.5. The molecule has 0 aliphatic carbocycles. The van der Waals surface area contributed by atoms with Gasteiger partial charge in [-0.3, -0.25) is 14.6 Å². The van der Waals surface area contributed by atoms with Crippen molar-refractivity contribution in [1.82, 2.24) is 15.3 Å². The highest BCUT2D eigenvalue weighted by Gasteiger charge is 2.24. The fourth-order valence-corrected chi connectivity index (χ4v) is 3.25. The molecule has 0 bridgehead atoms. The highest BCUT2D eigenvalue weighted by atomic mass is 32.2. The molecule has 1 aromatic rings. The predicted octanol–water partition coefficient (Wildman–Crippen LogP) is 2.45. The van der Waals surface area contributed by atoms with E-state index in [1.54, 1.807) is 11.6 Å². The minimum absolute atomic E-state index is 0.0580. The van der Waals surface area contributed by atoms with Gasteiger partial charge in [0.25, 0.3) is 0 Å². The van der Waals surface area contributed by atoms with Crippen LogP contribution in [0.3, 0.4) is 0 Å². The van der Waals surface area contributed by atoms with Crippen LogP contribution in [-0.2, 0) is 9.47 Å². The fraction of sp³-hybridized carbons (Fsp3) is 0.444. The number of thioether (sulfide) groups is 1. The Morgan fingerprint density at radius 1 is 1.26 bits per heavy atom. The van der Waals surface area contributed by atoms with Gasteiger partial charge in [0.15, 0.2) is 0 Å². The van der Waals surface area contributed by atoms with Gasteiger partial charge in [-0.25, -0.2) is 9.80 Å². The van der Waals surface area contributed by atoms with Crippen LogP contribution in [0.25, 0.3) is 0 Å². The number of hydrazine groups is 1. The average Bonchev–Trinajstić information content (AvgIpc) is 2.72. The molecule has 0 unspecified atom stereocenters. The number of hydrogen-bond donors (Lipinski definition) is 1. The summed E-state index contributed by atoms with van der Waals surface area (Å²) >= 11 is 1.06. The van der Waals surface area contributed by atoms with Crippen LogP contribution in [0.4, 0.5) is 15.3 Å². The lowest BCUT2D eigenvalue weighted by molar-refractivity contribution is 0.0346. The Labute approximate surface area is 163 Å². The van der Waals surface area contributed by atoms with Crippen LogP contribution in [-0.4, -0.2) is 67.4 Å². The summed E-state index contributed by atoms with van der Waals surface area (Å²) in [5.74, 6) is 0. The van der Waals surface area contributed by atoms with Crippen LogP contribution in [0.15, 0.2) is 41.9 Å². The van der Waals surface area contributed by atoms with Crippen LogP contribution in [0.1, 0.15) is 6.42 Å². The molecular weight excluding hydrogens is 368 g/mol. The largest absolute Gasteiger partial charge is 0.449 e. The second kappa shape index (κ2) is 10.2. The third-order valence-electron chi connectivity index (χ3n) is 4.21. The zero-order valence-electron chi connectivity index (χ0n) is 15.1. The van der Waals surface area contributed by atoms with Crippen molar-refractivity contribution in [3.05, 3.63) is 41.9 Å². The number of benzene rings is 1. The third-order valence-corrected chi connectivity index (χ3v) is 4.90. The van der Waals surface area contributed by atoms with Crippen molar-refractivity contribution >= 4 is 28.8 Å². The fourth-order valence-electron chi connectivity index (χ4n) is 2.77. The molecule has 0 atom stereocenters. The second-order valence-corrected chi connectivity index (χ2v) is 6.93. The van der Waals surface area contributed by atoms with Crippen molar-refractivity contribution in [1.29, 1.82) is 0 Å². The van der Waals surface area contributed by atoms with Crippen LogP contribution in [0.2, 0.25) is 0 Å². The van der Waals surface area contributed by atoms with Gasteiger partial charge in [-0.15, -0.1) is 0 Å². The van der Waals surface area contributed by atoms with Gasteiger partial charge in [0.1, 0.15) is 6.67 Å². The maximum absolute atomic E-state index is 12.7. The van der Waals surface area contributed by atoms with Crippen molar-refractivity contribution < 1.29 is 19.1 Å². The predicted molar refractivity (Wildman–Crippen MR) is 104 cm³/mol. The molecule has 2 aliphatic heterocycles. The average molecular weight is 392 g/mol. The van der Waals surface area contributed by atoms with E-state index in [-0.39, 0.29) is 11.9 Å². The van der Waals surface area contributed by atoms with Crippen molar-refractivity contribution in [2.24, 2.45) is 0 Å². The molecule has 8 nitrogen and oxygen atoms in total. The molecule has 0 saturated carbocycles. The van der Waals surface area contributed by atoms with E-state index >= 15 is 0 Å². The summed E-state index contributed by atoms with van der Waals surface area (Å²) in [6.45, 7) is 4.60. The first-order valence-corrected chi connectivity index (χ1v) is 9.81. The molecule has 1 fully saturated rings. The number of ether oxygens (including phenoxy) is 2. The van der Waals surface area contributed by atoms with Crippen molar-refractivity contribution in [2.75, 3.05) is 51.0 Å². The molecule has 2 aliphatic rings. The number of carbonyl (C=O) groups is 2. The van der Waals surface area contributed by atoms with Crippen LogP contribution < -0.4 is 10.3 Å². The van der Waals surface area contributed by atoms with E-state index in [1.165, 1.54) is 9.91 Å². The van der Waals surface area contributed by atoms with E-state index in [9.17, 15) is 9.59 Å². The topological polar surface area (TPSA) is 74.4 Å². The molecule has 1 N–H and O–H groups in total. The molecule has 1 saturated heterocycles. The summed E-state index contributed by atoms with van der Waals surface area (Å²) < 4.78 is 10.8. The Balaban J connectivity index is 1.54. The number of amides is 2. The summed E-state index contributed by atoms with van der Waals surface area (Å²) in [6.07, 6.45) is 1.94. The third kappa shape index (κ3) is 5.88. The van der Waals surface area contributed by atoms with Gasteiger partial charge in [0.05, 0.1) is 19.8 Å². The van der Waals surface area contributed by atoms with Crippen LogP contribution >= 0.6 is 11.8 Å². The lowest BCUT2D eigenvalue weighted by Crippen LogP contribution is -2.49. The first-order valence-electron chi connectivity index (χ1n) is 8.93. The summed E-state index contributed by atoms with van der Waals surface area (Å²) in [5, 5.41) is 2.85. The van der Waals surface area contributed by atoms with E-state index in [2.05, 4.69) is 10.3 Å². The summed E-state index contributed by atoms with van der Waals surface area (Å²) in [4.78, 5) is 28.4. The molecule has 146 valence electrons. The Hall–Kier alpha value is -2.23. The van der Waals surface area contributed by atoms with Crippen molar-refractivity contribution in [3.8, 4) is 0 Å². The number of para-hydroxylation sites is 1. The Morgan fingerprint density at radius 3 is 2.78 bits per heavy atom. The molecule has 2 amide bonds. The zero-order valence-corrected chi connectivity index (χ0v) is 15.9. The zero-order chi connectivity index (χ0) is 18.9. The highest BCUT2D eigenvalue weighted by Crippen LogP contribution is 2.18. The molecule has 27 heavy (non-hydrogen) atoms. The lowest BCUT2D eigenvalue weighted by Gasteiger charge is -2.30. The summed E-state index contributed by atoms with van der Waals surface area (Å²) in [5.41, 5.74) is 3.52. The number of nitrogens with one attached hydrogen (secondary N) is 1. The maximum atomic E-state index is 12.7.